The Labute approximate surface area is 132 Å². The molecule has 2 nitrogen and oxygen atoms in total. The second-order valence-corrected chi connectivity index (χ2v) is 5.28. The highest BCUT2D eigenvalue weighted by Gasteiger charge is 2.04. The molecule has 0 amide bonds. The third-order valence-electron chi connectivity index (χ3n) is 3.72. The predicted molar refractivity (Wildman–Crippen MR) is 94.7 cm³/mol. The summed E-state index contributed by atoms with van der Waals surface area (Å²) in [5.41, 5.74) is 4.76. The molecule has 2 heteroatoms. The standard InChI is InChI=1S/C20H20N2/c1-22(19-12-6-3-7-13-19)20-14-8-11-18(15-20)21-16-17-9-4-2-5-10-17/h2-15,21H,16H2,1H3. The Balaban J connectivity index is 1.72. The molecule has 0 bridgehead atoms. The van der Waals surface area contributed by atoms with Crippen LogP contribution in [0.3, 0.4) is 0 Å². The second-order valence-electron chi connectivity index (χ2n) is 5.28. The lowest BCUT2D eigenvalue weighted by Gasteiger charge is -2.20. The van der Waals surface area contributed by atoms with Crippen molar-refractivity contribution in [2.45, 2.75) is 6.54 Å². The fourth-order valence-electron chi connectivity index (χ4n) is 2.43. The molecule has 1 N–H and O–H groups in total. The summed E-state index contributed by atoms with van der Waals surface area (Å²) < 4.78 is 0. The first kappa shape index (κ1) is 14.2. The summed E-state index contributed by atoms with van der Waals surface area (Å²) >= 11 is 0. The summed E-state index contributed by atoms with van der Waals surface area (Å²) in [5, 5.41) is 3.48. The van der Waals surface area contributed by atoms with Crippen LogP contribution in [0.5, 0.6) is 0 Å². The highest BCUT2D eigenvalue weighted by molar-refractivity contribution is 5.66. The molecule has 0 aliphatic heterocycles. The molecule has 0 aliphatic rings. The molecule has 110 valence electrons. The Kier molecular flexibility index (Phi) is 4.40. The number of rotatable bonds is 5. The van der Waals surface area contributed by atoms with Crippen molar-refractivity contribution >= 4 is 17.1 Å². The van der Waals surface area contributed by atoms with Crippen LogP contribution < -0.4 is 10.2 Å². The topological polar surface area (TPSA) is 15.3 Å². The predicted octanol–water partition coefficient (Wildman–Crippen LogP) is 5.07. The molecule has 0 fully saturated rings. The van der Waals surface area contributed by atoms with E-state index in [0.29, 0.717) is 0 Å². The summed E-state index contributed by atoms with van der Waals surface area (Å²) in [6, 6.07) is 29.3. The van der Waals surface area contributed by atoms with Gasteiger partial charge in [0.25, 0.3) is 0 Å². The van der Waals surface area contributed by atoms with Crippen molar-refractivity contribution in [1.82, 2.24) is 0 Å². The maximum absolute atomic E-state index is 3.48. The van der Waals surface area contributed by atoms with E-state index >= 15 is 0 Å². The van der Waals surface area contributed by atoms with Crippen LogP contribution in [0.2, 0.25) is 0 Å². The number of hydrogen-bond donors (Lipinski definition) is 1. The highest BCUT2D eigenvalue weighted by atomic mass is 15.1. The third-order valence-corrected chi connectivity index (χ3v) is 3.72. The zero-order valence-electron chi connectivity index (χ0n) is 12.7. The van der Waals surface area contributed by atoms with Gasteiger partial charge in [-0.3, -0.25) is 0 Å². The minimum Gasteiger partial charge on any atom is -0.381 e. The van der Waals surface area contributed by atoms with E-state index in [1.54, 1.807) is 0 Å². The molecule has 0 atom stereocenters. The van der Waals surface area contributed by atoms with Crippen LogP contribution in [0, 0.1) is 0 Å². The van der Waals surface area contributed by atoms with Gasteiger partial charge >= 0.3 is 0 Å². The largest absolute Gasteiger partial charge is 0.381 e. The van der Waals surface area contributed by atoms with Crippen LogP contribution in [0.15, 0.2) is 84.9 Å². The van der Waals surface area contributed by atoms with E-state index in [2.05, 4.69) is 90.1 Å². The molecule has 0 spiro atoms. The Hall–Kier alpha value is -2.74. The van der Waals surface area contributed by atoms with Gasteiger partial charge < -0.3 is 10.2 Å². The SMILES string of the molecule is CN(c1ccccc1)c1cccc(NCc2ccccc2)c1. The van der Waals surface area contributed by atoms with Crippen molar-refractivity contribution in [3.63, 3.8) is 0 Å². The molecule has 0 heterocycles. The van der Waals surface area contributed by atoms with Gasteiger partial charge in [0.1, 0.15) is 0 Å². The van der Waals surface area contributed by atoms with Crippen molar-refractivity contribution in [2.24, 2.45) is 0 Å². The van der Waals surface area contributed by atoms with Crippen molar-refractivity contribution in [3.05, 3.63) is 90.5 Å². The van der Waals surface area contributed by atoms with Crippen LogP contribution in [0.25, 0.3) is 0 Å². The van der Waals surface area contributed by atoms with E-state index in [-0.39, 0.29) is 0 Å². The molecule has 0 radical (unpaired) electrons. The van der Waals surface area contributed by atoms with E-state index in [1.807, 2.05) is 12.1 Å². The van der Waals surface area contributed by atoms with Crippen LogP contribution in [0.1, 0.15) is 5.56 Å². The summed E-state index contributed by atoms with van der Waals surface area (Å²) in [6.07, 6.45) is 0. The molecule has 3 aromatic rings. The lowest BCUT2D eigenvalue weighted by Crippen LogP contribution is -2.09. The van der Waals surface area contributed by atoms with E-state index in [0.717, 1.165) is 12.2 Å². The zero-order chi connectivity index (χ0) is 15.2. The average molecular weight is 288 g/mol. The van der Waals surface area contributed by atoms with Gasteiger partial charge in [-0.2, -0.15) is 0 Å². The maximum Gasteiger partial charge on any atom is 0.0428 e. The van der Waals surface area contributed by atoms with E-state index in [9.17, 15) is 0 Å². The molecule has 3 rings (SSSR count). The van der Waals surface area contributed by atoms with E-state index in [4.69, 9.17) is 0 Å². The highest BCUT2D eigenvalue weighted by Crippen LogP contribution is 2.25. The van der Waals surface area contributed by atoms with Gasteiger partial charge in [-0.1, -0.05) is 54.6 Å². The Bertz CT molecular complexity index is 708. The summed E-state index contributed by atoms with van der Waals surface area (Å²) in [6.45, 7) is 0.833. The molecule has 0 saturated heterocycles. The maximum atomic E-state index is 3.48. The number of nitrogens with zero attached hydrogens (tertiary/aromatic N) is 1. The van der Waals surface area contributed by atoms with Gasteiger partial charge in [0.2, 0.25) is 0 Å². The monoisotopic (exact) mass is 288 g/mol. The number of hydrogen-bond acceptors (Lipinski definition) is 2. The van der Waals surface area contributed by atoms with E-state index < -0.39 is 0 Å². The first-order chi connectivity index (χ1) is 10.8. The summed E-state index contributed by atoms with van der Waals surface area (Å²) in [4.78, 5) is 2.19. The number of benzene rings is 3. The number of para-hydroxylation sites is 1. The molecule has 3 aromatic carbocycles. The van der Waals surface area contributed by atoms with Crippen LogP contribution in [-0.4, -0.2) is 7.05 Å². The summed E-state index contributed by atoms with van der Waals surface area (Å²) in [5.74, 6) is 0. The second kappa shape index (κ2) is 6.81. The first-order valence-corrected chi connectivity index (χ1v) is 7.49. The normalized spacial score (nSPS) is 10.2. The van der Waals surface area contributed by atoms with Gasteiger partial charge in [-0.25, -0.2) is 0 Å². The first-order valence-electron chi connectivity index (χ1n) is 7.49. The van der Waals surface area contributed by atoms with Crippen molar-refractivity contribution in [2.75, 3.05) is 17.3 Å². The van der Waals surface area contributed by atoms with E-state index in [1.165, 1.54) is 16.9 Å². The lowest BCUT2D eigenvalue weighted by atomic mass is 10.2. The lowest BCUT2D eigenvalue weighted by molar-refractivity contribution is 1.14. The smallest absolute Gasteiger partial charge is 0.0428 e. The molecule has 0 aliphatic carbocycles. The molecule has 22 heavy (non-hydrogen) atoms. The van der Waals surface area contributed by atoms with Gasteiger partial charge in [-0.05, 0) is 35.9 Å². The van der Waals surface area contributed by atoms with Crippen molar-refractivity contribution < 1.29 is 0 Å². The fraction of sp³-hybridized carbons (Fsp3) is 0.100. The quantitative estimate of drug-likeness (QED) is 0.705. The summed E-state index contributed by atoms with van der Waals surface area (Å²) in [7, 11) is 2.09. The molecular formula is C20H20N2. The molecule has 0 unspecified atom stereocenters. The molecular weight excluding hydrogens is 268 g/mol. The molecule has 0 aromatic heterocycles. The average Bonchev–Trinajstić information content (AvgIpc) is 2.61. The van der Waals surface area contributed by atoms with Crippen molar-refractivity contribution in [3.8, 4) is 0 Å². The van der Waals surface area contributed by atoms with Gasteiger partial charge in [0.05, 0.1) is 0 Å². The molecule has 0 saturated carbocycles. The van der Waals surface area contributed by atoms with Gasteiger partial charge in [-0.15, -0.1) is 0 Å². The fourth-order valence-corrected chi connectivity index (χ4v) is 2.43. The van der Waals surface area contributed by atoms with Crippen molar-refractivity contribution in [1.29, 1.82) is 0 Å². The Morgan fingerprint density at radius 3 is 2.09 bits per heavy atom. The zero-order valence-corrected chi connectivity index (χ0v) is 12.7. The van der Waals surface area contributed by atoms with Crippen LogP contribution in [-0.2, 0) is 6.54 Å². The minimum absolute atomic E-state index is 0.833. The van der Waals surface area contributed by atoms with Crippen LogP contribution in [0.4, 0.5) is 17.1 Å². The minimum atomic E-state index is 0.833. The Morgan fingerprint density at radius 1 is 0.727 bits per heavy atom. The number of anilines is 3. The third kappa shape index (κ3) is 3.47. The van der Waals surface area contributed by atoms with Gasteiger partial charge in [0, 0.05) is 30.7 Å². The Morgan fingerprint density at radius 2 is 1.36 bits per heavy atom. The van der Waals surface area contributed by atoms with Gasteiger partial charge in [0.15, 0.2) is 0 Å². The number of nitrogens with one attached hydrogen (secondary N) is 1. The van der Waals surface area contributed by atoms with Crippen LogP contribution >= 0.6 is 0 Å².